The fourth-order valence-electron chi connectivity index (χ4n) is 3.54. The van der Waals surface area contributed by atoms with Crippen molar-refractivity contribution in [1.29, 1.82) is 0 Å². The SMILES string of the molecule is CCCS(=O)(=O)N1CCC(CN2CCN(C)C[C@@H]2C)CC1. The van der Waals surface area contributed by atoms with Crippen LogP contribution in [0.1, 0.15) is 33.1 Å². The van der Waals surface area contributed by atoms with Crippen molar-refractivity contribution in [3.05, 3.63) is 0 Å². The first-order valence-corrected chi connectivity index (χ1v) is 9.93. The quantitative estimate of drug-likeness (QED) is 0.761. The Kier molecular flexibility index (Phi) is 6.05. The van der Waals surface area contributed by atoms with Crippen molar-refractivity contribution in [3.8, 4) is 0 Å². The van der Waals surface area contributed by atoms with E-state index in [1.807, 2.05) is 6.92 Å². The molecule has 0 saturated carbocycles. The second-order valence-electron chi connectivity index (χ2n) is 6.76. The van der Waals surface area contributed by atoms with E-state index in [2.05, 4.69) is 23.8 Å². The van der Waals surface area contributed by atoms with E-state index >= 15 is 0 Å². The molecular formula is C15H31N3O2S. The highest BCUT2D eigenvalue weighted by Gasteiger charge is 2.30. The van der Waals surface area contributed by atoms with Gasteiger partial charge in [0.2, 0.25) is 10.0 Å². The summed E-state index contributed by atoms with van der Waals surface area (Å²) >= 11 is 0. The molecule has 5 nitrogen and oxygen atoms in total. The Morgan fingerprint density at radius 2 is 1.76 bits per heavy atom. The molecule has 2 heterocycles. The van der Waals surface area contributed by atoms with Crippen LogP contribution in [0.15, 0.2) is 0 Å². The number of hydrogen-bond acceptors (Lipinski definition) is 4. The molecule has 1 atom stereocenters. The molecule has 0 aliphatic carbocycles. The van der Waals surface area contributed by atoms with Gasteiger partial charge in [0.15, 0.2) is 0 Å². The van der Waals surface area contributed by atoms with Crippen LogP contribution in [0.5, 0.6) is 0 Å². The number of nitrogens with zero attached hydrogens (tertiary/aromatic N) is 3. The Labute approximate surface area is 130 Å². The van der Waals surface area contributed by atoms with Gasteiger partial charge in [0.05, 0.1) is 5.75 Å². The summed E-state index contributed by atoms with van der Waals surface area (Å²) in [7, 11) is -0.809. The molecule has 0 aromatic carbocycles. The van der Waals surface area contributed by atoms with E-state index in [0.717, 1.165) is 52.1 Å². The molecule has 0 spiro atoms. The molecule has 21 heavy (non-hydrogen) atoms. The number of hydrogen-bond donors (Lipinski definition) is 0. The van der Waals surface area contributed by atoms with E-state index in [1.54, 1.807) is 4.31 Å². The van der Waals surface area contributed by atoms with Gasteiger partial charge in [0.1, 0.15) is 0 Å². The highest BCUT2D eigenvalue weighted by molar-refractivity contribution is 7.89. The minimum Gasteiger partial charge on any atom is -0.304 e. The Hall–Kier alpha value is -0.170. The Morgan fingerprint density at radius 3 is 2.33 bits per heavy atom. The van der Waals surface area contributed by atoms with Crippen molar-refractivity contribution in [1.82, 2.24) is 14.1 Å². The van der Waals surface area contributed by atoms with Crippen molar-refractivity contribution in [3.63, 3.8) is 0 Å². The van der Waals surface area contributed by atoms with Crippen molar-refractivity contribution in [2.45, 2.75) is 39.2 Å². The molecule has 0 aromatic heterocycles. The molecule has 6 heteroatoms. The van der Waals surface area contributed by atoms with E-state index in [-0.39, 0.29) is 0 Å². The summed E-state index contributed by atoms with van der Waals surface area (Å²) in [5.41, 5.74) is 0. The van der Waals surface area contributed by atoms with E-state index in [9.17, 15) is 8.42 Å². The van der Waals surface area contributed by atoms with Gasteiger partial charge in [0.25, 0.3) is 0 Å². The van der Waals surface area contributed by atoms with Crippen LogP contribution in [-0.4, -0.2) is 80.6 Å². The monoisotopic (exact) mass is 317 g/mol. The molecule has 2 fully saturated rings. The Bertz CT molecular complexity index is 419. The van der Waals surface area contributed by atoms with Crippen molar-refractivity contribution < 1.29 is 8.42 Å². The molecule has 0 aromatic rings. The normalized spacial score (nSPS) is 28.0. The third-order valence-corrected chi connectivity index (χ3v) is 6.97. The zero-order chi connectivity index (χ0) is 15.5. The van der Waals surface area contributed by atoms with Crippen LogP contribution in [0.3, 0.4) is 0 Å². The molecule has 2 saturated heterocycles. The fraction of sp³-hybridized carbons (Fsp3) is 1.00. The number of rotatable bonds is 5. The second kappa shape index (κ2) is 7.40. The van der Waals surface area contributed by atoms with Crippen molar-refractivity contribution in [2.24, 2.45) is 5.92 Å². The second-order valence-corrected chi connectivity index (χ2v) is 8.85. The molecule has 0 amide bonds. The predicted molar refractivity (Wildman–Crippen MR) is 86.9 cm³/mol. The third kappa shape index (κ3) is 4.65. The lowest BCUT2D eigenvalue weighted by atomic mass is 9.96. The van der Waals surface area contributed by atoms with E-state index in [4.69, 9.17) is 0 Å². The lowest BCUT2D eigenvalue weighted by molar-refractivity contribution is 0.0750. The molecule has 2 aliphatic heterocycles. The Morgan fingerprint density at radius 1 is 1.10 bits per heavy atom. The average molecular weight is 317 g/mol. The predicted octanol–water partition coefficient (Wildman–Crippen LogP) is 1.07. The summed E-state index contributed by atoms with van der Waals surface area (Å²) in [6.45, 7) is 10.2. The highest BCUT2D eigenvalue weighted by atomic mass is 32.2. The standard InChI is InChI=1S/C15H31N3O2S/c1-4-11-21(19,20)18-7-5-15(6-8-18)13-17-10-9-16(3)12-14(17)2/h14-15H,4-13H2,1-3H3/t14-/m0/s1. The van der Waals surface area contributed by atoms with Crippen LogP contribution >= 0.6 is 0 Å². The largest absolute Gasteiger partial charge is 0.304 e. The van der Waals surface area contributed by atoms with Crippen molar-refractivity contribution in [2.75, 3.05) is 52.1 Å². The van der Waals surface area contributed by atoms with Gasteiger partial charge in [-0.3, -0.25) is 4.90 Å². The van der Waals surface area contributed by atoms with Gasteiger partial charge in [-0.2, -0.15) is 0 Å². The first-order chi connectivity index (χ1) is 9.92. The van der Waals surface area contributed by atoms with Gasteiger partial charge in [-0.25, -0.2) is 12.7 Å². The summed E-state index contributed by atoms with van der Waals surface area (Å²) in [5, 5.41) is 0. The summed E-state index contributed by atoms with van der Waals surface area (Å²) in [6, 6.07) is 0.616. The van der Waals surface area contributed by atoms with E-state index in [0.29, 0.717) is 24.1 Å². The average Bonchev–Trinajstić information content (AvgIpc) is 2.42. The maximum atomic E-state index is 12.1. The van der Waals surface area contributed by atoms with Crippen LogP contribution in [0, 0.1) is 5.92 Å². The molecule has 0 bridgehead atoms. The van der Waals surface area contributed by atoms with Crippen LogP contribution < -0.4 is 0 Å². The lowest BCUT2D eigenvalue weighted by Gasteiger charge is -2.41. The molecule has 0 radical (unpaired) electrons. The number of likely N-dealkylation sites (N-methyl/N-ethyl adjacent to an activating group) is 1. The minimum absolute atomic E-state index is 0.299. The van der Waals surface area contributed by atoms with Gasteiger partial charge in [-0.15, -0.1) is 0 Å². The third-order valence-electron chi connectivity index (χ3n) is 4.89. The van der Waals surface area contributed by atoms with Crippen molar-refractivity contribution >= 4 is 10.0 Å². The van der Waals surface area contributed by atoms with E-state index in [1.165, 1.54) is 0 Å². The van der Waals surface area contributed by atoms with E-state index < -0.39 is 10.0 Å². The molecular weight excluding hydrogens is 286 g/mol. The number of piperazine rings is 1. The summed E-state index contributed by atoms with van der Waals surface area (Å²) in [4.78, 5) is 4.97. The van der Waals surface area contributed by atoms with Crippen LogP contribution in [0.4, 0.5) is 0 Å². The topological polar surface area (TPSA) is 43.9 Å². The molecule has 0 unspecified atom stereocenters. The first kappa shape index (κ1) is 17.2. The molecule has 2 aliphatic rings. The summed E-state index contributed by atoms with van der Waals surface area (Å²) in [5.74, 6) is 0.955. The van der Waals surface area contributed by atoms with Gasteiger partial charge in [-0.1, -0.05) is 6.92 Å². The van der Waals surface area contributed by atoms with Crippen LogP contribution in [0.25, 0.3) is 0 Å². The maximum Gasteiger partial charge on any atom is 0.214 e. The first-order valence-electron chi connectivity index (χ1n) is 8.32. The zero-order valence-electron chi connectivity index (χ0n) is 13.8. The van der Waals surface area contributed by atoms with Gasteiger partial charge in [0, 0.05) is 45.3 Å². The maximum absolute atomic E-state index is 12.1. The minimum atomic E-state index is -2.99. The number of sulfonamides is 1. The summed E-state index contributed by atoms with van der Waals surface area (Å²) < 4.78 is 25.9. The van der Waals surface area contributed by atoms with Gasteiger partial charge >= 0.3 is 0 Å². The van der Waals surface area contributed by atoms with Crippen LogP contribution in [-0.2, 0) is 10.0 Å². The lowest BCUT2D eigenvalue weighted by Crippen LogP contribution is -2.52. The summed E-state index contributed by atoms with van der Waals surface area (Å²) in [6.07, 6.45) is 2.74. The molecule has 0 N–H and O–H groups in total. The molecule has 2 rings (SSSR count). The molecule has 124 valence electrons. The Balaban J connectivity index is 1.79. The number of piperidine rings is 1. The zero-order valence-corrected chi connectivity index (χ0v) is 14.6. The van der Waals surface area contributed by atoms with Gasteiger partial charge < -0.3 is 4.90 Å². The van der Waals surface area contributed by atoms with Crippen LogP contribution in [0.2, 0.25) is 0 Å². The highest BCUT2D eigenvalue weighted by Crippen LogP contribution is 2.22. The van der Waals surface area contributed by atoms with Gasteiger partial charge in [-0.05, 0) is 39.2 Å². The fourth-order valence-corrected chi connectivity index (χ4v) is 5.08. The smallest absolute Gasteiger partial charge is 0.214 e.